The molecule has 0 spiro atoms. The zero-order valence-corrected chi connectivity index (χ0v) is 15.8. The molecule has 0 saturated carbocycles. The lowest BCUT2D eigenvalue weighted by molar-refractivity contribution is 0.0786. The van der Waals surface area contributed by atoms with Crippen LogP contribution in [-0.4, -0.2) is 19.5 Å². The number of aromatic nitrogens is 3. The summed E-state index contributed by atoms with van der Waals surface area (Å²) in [6, 6.07) is 20.6. The molecule has 0 fully saturated rings. The van der Waals surface area contributed by atoms with E-state index in [0.717, 1.165) is 39.1 Å². The summed E-state index contributed by atoms with van der Waals surface area (Å²) in [7, 11) is 0. The number of nitrogens with one attached hydrogen (secondary N) is 1. The fourth-order valence-electron chi connectivity index (χ4n) is 3.59. The van der Waals surface area contributed by atoms with Crippen LogP contribution in [0.15, 0.2) is 79.3 Å². The summed E-state index contributed by atoms with van der Waals surface area (Å²) in [6.07, 6.45) is 6.10. The fourth-order valence-corrected chi connectivity index (χ4v) is 3.59. The molecule has 3 heterocycles. The van der Waals surface area contributed by atoms with Crippen LogP contribution >= 0.6 is 0 Å². The summed E-state index contributed by atoms with van der Waals surface area (Å²) in [4.78, 5) is 8.00. The third kappa shape index (κ3) is 2.88. The molecule has 0 unspecified atom stereocenters. The Hall–Kier alpha value is -3.37. The van der Waals surface area contributed by atoms with Gasteiger partial charge >= 0.3 is 0 Å². The van der Waals surface area contributed by atoms with Crippen LogP contribution in [0, 0.1) is 0 Å². The second-order valence-electron chi connectivity index (χ2n) is 7.73. The molecule has 5 rings (SSSR count). The third-order valence-electron chi connectivity index (χ3n) is 5.20. The number of H-pyrrole nitrogens is 1. The topological polar surface area (TPSA) is 53.3 Å². The molecule has 0 radical (unpaired) electrons. The number of fused-ring (bicyclic) bond motifs is 2. The Balaban J connectivity index is 1.57. The van der Waals surface area contributed by atoms with Gasteiger partial charge in [-0.1, -0.05) is 24.3 Å². The van der Waals surface area contributed by atoms with Crippen molar-refractivity contribution in [3.05, 3.63) is 84.8 Å². The first-order valence-electron chi connectivity index (χ1n) is 9.37. The van der Waals surface area contributed by atoms with Crippen molar-refractivity contribution < 1.29 is 5.11 Å². The van der Waals surface area contributed by atoms with Crippen LogP contribution in [0.3, 0.4) is 0 Å². The SMILES string of the molecule is CC(C)(O)c1cccc(-c2ccc3nc(-c4ccc5[nH]ccc5c4)cn3c2)c1. The van der Waals surface area contributed by atoms with Gasteiger partial charge in [-0.3, -0.25) is 0 Å². The number of hydrogen-bond acceptors (Lipinski definition) is 2. The molecule has 0 aliphatic heterocycles. The highest BCUT2D eigenvalue weighted by Gasteiger charge is 2.16. The van der Waals surface area contributed by atoms with E-state index >= 15 is 0 Å². The molecular weight excluding hydrogens is 346 g/mol. The lowest BCUT2D eigenvalue weighted by atomic mass is 9.95. The Morgan fingerprint density at radius 2 is 1.75 bits per heavy atom. The number of rotatable bonds is 3. The molecule has 3 aromatic heterocycles. The van der Waals surface area contributed by atoms with Crippen LogP contribution in [0.4, 0.5) is 0 Å². The monoisotopic (exact) mass is 367 g/mol. The Labute approximate surface area is 163 Å². The van der Waals surface area contributed by atoms with Gasteiger partial charge in [-0.05, 0) is 66.9 Å². The molecule has 2 N–H and O–H groups in total. The van der Waals surface area contributed by atoms with Crippen molar-refractivity contribution in [2.45, 2.75) is 19.4 Å². The van der Waals surface area contributed by atoms with E-state index in [-0.39, 0.29) is 0 Å². The number of nitrogens with zero attached hydrogens (tertiary/aromatic N) is 2. The zero-order chi connectivity index (χ0) is 19.3. The minimum atomic E-state index is -0.862. The van der Waals surface area contributed by atoms with Gasteiger partial charge in [0, 0.05) is 35.1 Å². The van der Waals surface area contributed by atoms with E-state index in [2.05, 4.69) is 58.2 Å². The van der Waals surface area contributed by atoms with E-state index in [9.17, 15) is 5.11 Å². The quantitative estimate of drug-likeness (QED) is 0.450. The molecular formula is C24H21N3O. The van der Waals surface area contributed by atoms with E-state index in [4.69, 9.17) is 4.98 Å². The maximum atomic E-state index is 10.3. The molecule has 0 aliphatic carbocycles. The van der Waals surface area contributed by atoms with Gasteiger partial charge < -0.3 is 14.5 Å². The summed E-state index contributed by atoms with van der Waals surface area (Å²) in [5.74, 6) is 0. The first kappa shape index (κ1) is 16.8. The Kier molecular flexibility index (Phi) is 3.64. The second kappa shape index (κ2) is 6.08. The molecule has 5 aromatic rings. The maximum absolute atomic E-state index is 10.3. The molecule has 4 heteroatoms. The summed E-state index contributed by atoms with van der Waals surface area (Å²) in [6.45, 7) is 3.61. The van der Waals surface area contributed by atoms with E-state index in [1.54, 1.807) is 13.8 Å². The molecule has 0 amide bonds. The van der Waals surface area contributed by atoms with Crippen LogP contribution in [0.2, 0.25) is 0 Å². The van der Waals surface area contributed by atoms with Gasteiger partial charge in [-0.2, -0.15) is 0 Å². The highest BCUT2D eigenvalue weighted by atomic mass is 16.3. The molecule has 4 nitrogen and oxygen atoms in total. The van der Waals surface area contributed by atoms with Gasteiger partial charge in [0.1, 0.15) is 5.65 Å². The van der Waals surface area contributed by atoms with Crippen LogP contribution < -0.4 is 0 Å². The van der Waals surface area contributed by atoms with Crippen molar-refractivity contribution >= 4 is 16.6 Å². The lowest BCUT2D eigenvalue weighted by Gasteiger charge is -2.18. The molecule has 28 heavy (non-hydrogen) atoms. The van der Waals surface area contributed by atoms with Crippen molar-refractivity contribution in [3.63, 3.8) is 0 Å². The number of hydrogen-bond donors (Lipinski definition) is 2. The normalized spacial score (nSPS) is 12.1. The van der Waals surface area contributed by atoms with Crippen LogP contribution in [0.1, 0.15) is 19.4 Å². The molecule has 0 saturated heterocycles. The van der Waals surface area contributed by atoms with Crippen molar-refractivity contribution in [1.82, 2.24) is 14.4 Å². The van der Waals surface area contributed by atoms with Gasteiger partial charge in [-0.25, -0.2) is 4.98 Å². The van der Waals surface area contributed by atoms with Crippen LogP contribution in [0.5, 0.6) is 0 Å². The predicted molar refractivity (Wildman–Crippen MR) is 113 cm³/mol. The Morgan fingerprint density at radius 1 is 0.893 bits per heavy atom. The molecule has 2 aromatic carbocycles. The van der Waals surface area contributed by atoms with Crippen molar-refractivity contribution in [2.75, 3.05) is 0 Å². The molecule has 138 valence electrons. The third-order valence-corrected chi connectivity index (χ3v) is 5.20. The number of benzene rings is 2. The maximum Gasteiger partial charge on any atom is 0.137 e. The van der Waals surface area contributed by atoms with Gasteiger partial charge in [0.25, 0.3) is 0 Å². The summed E-state index contributed by atoms with van der Waals surface area (Å²) < 4.78 is 2.06. The van der Waals surface area contributed by atoms with Gasteiger partial charge in [0.15, 0.2) is 0 Å². The van der Waals surface area contributed by atoms with Crippen molar-refractivity contribution in [3.8, 4) is 22.4 Å². The summed E-state index contributed by atoms with van der Waals surface area (Å²) in [5.41, 5.74) is 6.28. The summed E-state index contributed by atoms with van der Waals surface area (Å²) >= 11 is 0. The average molecular weight is 367 g/mol. The Bertz CT molecular complexity index is 1300. The number of aromatic amines is 1. The predicted octanol–water partition coefficient (Wildman–Crippen LogP) is 5.38. The number of pyridine rings is 1. The van der Waals surface area contributed by atoms with E-state index in [0.29, 0.717) is 0 Å². The van der Waals surface area contributed by atoms with E-state index in [1.165, 1.54) is 5.39 Å². The molecule has 0 atom stereocenters. The van der Waals surface area contributed by atoms with Gasteiger partial charge in [-0.15, -0.1) is 0 Å². The first-order chi connectivity index (χ1) is 13.5. The Morgan fingerprint density at radius 3 is 2.61 bits per heavy atom. The molecule has 0 bridgehead atoms. The average Bonchev–Trinajstić information content (AvgIpc) is 3.32. The van der Waals surface area contributed by atoms with Gasteiger partial charge in [0.05, 0.1) is 11.3 Å². The molecule has 0 aliphatic rings. The van der Waals surface area contributed by atoms with Crippen LogP contribution in [-0.2, 0) is 5.60 Å². The highest BCUT2D eigenvalue weighted by molar-refractivity contribution is 5.84. The van der Waals surface area contributed by atoms with Gasteiger partial charge in [0.2, 0.25) is 0 Å². The highest BCUT2D eigenvalue weighted by Crippen LogP contribution is 2.28. The number of aliphatic hydroxyl groups is 1. The standard InChI is InChI=1S/C24H21N3O/c1-24(2,28)20-5-3-4-16(13-20)19-7-9-23-26-22(15-27(23)14-19)17-6-8-21-18(12-17)10-11-25-21/h3-15,25,28H,1-2H3. The van der Waals surface area contributed by atoms with E-state index in [1.807, 2.05) is 30.5 Å². The minimum Gasteiger partial charge on any atom is -0.386 e. The van der Waals surface area contributed by atoms with E-state index < -0.39 is 5.60 Å². The van der Waals surface area contributed by atoms with Crippen molar-refractivity contribution in [2.24, 2.45) is 0 Å². The zero-order valence-electron chi connectivity index (χ0n) is 15.8. The van der Waals surface area contributed by atoms with Crippen molar-refractivity contribution in [1.29, 1.82) is 0 Å². The summed E-state index contributed by atoms with van der Waals surface area (Å²) in [5, 5.41) is 11.5. The number of imidazole rings is 1. The van der Waals surface area contributed by atoms with Crippen LogP contribution in [0.25, 0.3) is 38.9 Å². The second-order valence-corrected chi connectivity index (χ2v) is 7.73. The smallest absolute Gasteiger partial charge is 0.137 e. The first-order valence-corrected chi connectivity index (χ1v) is 9.37. The fraction of sp³-hybridized carbons (Fsp3) is 0.125. The largest absolute Gasteiger partial charge is 0.386 e. The minimum absolute atomic E-state index is 0.862. The lowest BCUT2D eigenvalue weighted by Crippen LogP contribution is -2.15.